The van der Waals surface area contributed by atoms with Gasteiger partial charge in [-0.25, -0.2) is 4.79 Å². The van der Waals surface area contributed by atoms with Crippen molar-refractivity contribution < 1.29 is 14.3 Å². The van der Waals surface area contributed by atoms with Gasteiger partial charge in [-0.3, -0.25) is 4.79 Å². The number of carbonyl (C=O) groups excluding carboxylic acids is 2. The van der Waals surface area contributed by atoms with Crippen LogP contribution in [0.25, 0.3) is 0 Å². The molecule has 0 saturated heterocycles. The Labute approximate surface area is 120 Å². The van der Waals surface area contributed by atoms with E-state index in [4.69, 9.17) is 4.74 Å². The zero-order valence-corrected chi connectivity index (χ0v) is 12.6. The van der Waals surface area contributed by atoms with Crippen molar-refractivity contribution in [2.75, 3.05) is 7.11 Å². The van der Waals surface area contributed by atoms with Gasteiger partial charge in [0.05, 0.1) is 7.11 Å². The second-order valence-electron chi connectivity index (χ2n) is 7.08. The van der Waals surface area contributed by atoms with Gasteiger partial charge in [-0.05, 0) is 56.3 Å². The smallest absolute Gasteiger partial charge is 0.331 e. The normalized spacial score (nSPS) is 39.9. The van der Waals surface area contributed by atoms with Gasteiger partial charge < -0.3 is 10.1 Å². The highest BCUT2D eigenvalue weighted by Gasteiger charge is 2.67. The molecule has 0 radical (unpaired) electrons. The lowest BCUT2D eigenvalue weighted by atomic mass is 9.94. The van der Waals surface area contributed by atoms with Crippen LogP contribution in [0.4, 0.5) is 0 Å². The zero-order valence-electron chi connectivity index (χ0n) is 12.6. The molecule has 1 amide bonds. The van der Waals surface area contributed by atoms with Crippen molar-refractivity contribution in [3.63, 3.8) is 0 Å². The van der Waals surface area contributed by atoms with Crippen LogP contribution in [0.15, 0.2) is 0 Å². The van der Waals surface area contributed by atoms with Gasteiger partial charge in [0.25, 0.3) is 0 Å². The number of rotatable bonds is 5. The second-order valence-corrected chi connectivity index (χ2v) is 7.08. The molecule has 5 atom stereocenters. The Morgan fingerprint density at radius 3 is 2.35 bits per heavy atom. The summed E-state index contributed by atoms with van der Waals surface area (Å²) in [6.07, 6.45) is 5.41. The molecule has 3 saturated carbocycles. The van der Waals surface area contributed by atoms with Gasteiger partial charge in [-0.1, -0.05) is 13.3 Å². The van der Waals surface area contributed by atoms with Crippen molar-refractivity contribution in [3.05, 3.63) is 0 Å². The Morgan fingerprint density at radius 2 is 1.85 bits per heavy atom. The molecule has 0 spiro atoms. The number of carbonyl (C=O) groups is 2. The molecule has 1 N–H and O–H groups in total. The van der Waals surface area contributed by atoms with E-state index in [9.17, 15) is 9.59 Å². The molecule has 3 fully saturated rings. The Hall–Kier alpha value is -1.06. The highest BCUT2D eigenvalue weighted by molar-refractivity contribution is 5.90. The predicted molar refractivity (Wildman–Crippen MR) is 74.8 cm³/mol. The monoisotopic (exact) mass is 279 g/mol. The summed E-state index contributed by atoms with van der Waals surface area (Å²) in [6, 6.07) is 0. The maximum absolute atomic E-state index is 12.5. The molecule has 5 unspecified atom stereocenters. The maximum atomic E-state index is 12.5. The van der Waals surface area contributed by atoms with Crippen LogP contribution >= 0.6 is 0 Å². The highest BCUT2D eigenvalue weighted by atomic mass is 16.5. The number of amides is 1. The number of hydrogen-bond donors (Lipinski definition) is 1. The van der Waals surface area contributed by atoms with Crippen molar-refractivity contribution in [2.24, 2.45) is 29.6 Å². The maximum Gasteiger partial charge on any atom is 0.331 e. The van der Waals surface area contributed by atoms with Crippen LogP contribution in [0.5, 0.6) is 0 Å². The first-order valence-corrected chi connectivity index (χ1v) is 7.92. The van der Waals surface area contributed by atoms with Gasteiger partial charge in [0.1, 0.15) is 5.54 Å². The average molecular weight is 279 g/mol. The Balaban J connectivity index is 1.65. The standard InChI is InChI=1S/C16H25NO3/c1-4-7-16(2,15(19)20-3)17-14(18)13-11-9-5-6-10(8-9)12(11)13/h9-13H,4-8H2,1-3H3,(H,17,18). The molecule has 20 heavy (non-hydrogen) atoms. The third-order valence-electron chi connectivity index (χ3n) is 5.82. The number of fused-ring (bicyclic) bond motifs is 5. The van der Waals surface area contributed by atoms with Crippen molar-refractivity contribution in [1.82, 2.24) is 5.32 Å². The predicted octanol–water partition coefficient (Wildman–Crippen LogP) is 2.13. The van der Waals surface area contributed by atoms with E-state index < -0.39 is 5.54 Å². The van der Waals surface area contributed by atoms with E-state index in [-0.39, 0.29) is 17.8 Å². The lowest BCUT2D eigenvalue weighted by molar-refractivity contribution is -0.150. The van der Waals surface area contributed by atoms with E-state index in [1.165, 1.54) is 26.4 Å². The first-order chi connectivity index (χ1) is 9.51. The minimum atomic E-state index is -0.865. The van der Waals surface area contributed by atoms with E-state index in [0.29, 0.717) is 18.3 Å². The van der Waals surface area contributed by atoms with Crippen molar-refractivity contribution >= 4 is 11.9 Å². The molecule has 0 heterocycles. The molecular formula is C16H25NO3. The lowest BCUT2D eigenvalue weighted by Gasteiger charge is -2.28. The Bertz CT molecular complexity index is 419. The van der Waals surface area contributed by atoms with Crippen LogP contribution in [0.2, 0.25) is 0 Å². The zero-order chi connectivity index (χ0) is 14.5. The van der Waals surface area contributed by atoms with Gasteiger partial charge in [0, 0.05) is 5.92 Å². The molecule has 4 nitrogen and oxygen atoms in total. The minimum Gasteiger partial charge on any atom is -0.467 e. The van der Waals surface area contributed by atoms with Crippen LogP contribution in [0.1, 0.15) is 46.0 Å². The van der Waals surface area contributed by atoms with E-state index in [1.807, 2.05) is 6.92 Å². The fraction of sp³-hybridized carbons (Fsp3) is 0.875. The SMILES string of the molecule is CCCC(C)(NC(=O)C1C2C3CCC(C3)C12)C(=O)OC. The van der Waals surface area contributed by atoms with Gasteiger partial charge >= 0.3 is 5.97 Å². The van der Waals surface area contributed by atoms with Crippen LogP contribution < -0.4 is 5.32 Å². The minimum absolute atomic E-state index is 0.0814. The van der Waals surface area contributed by atoms with E-state index >= 15 is 0 Å². The van der Waals surface area contributed by atoms with Crippen LogP contribution in [0, 0.1) is 29.6 Å². The first kappa shape index (κ1) is 13.9. The van der Waals surface area contributed by atoms with Crippen LogP contribution in [-0.4, -0.2) is 24.5 Å². The van der Waals surface area contributed by atoms with Gasteiger partial charge in [0.15, 0.2) is 0 Å². The van der Waals surface area contributed by atoms with Gasteiger partial charge in [-0.2, -0.15) is 0 Å². The number of hydrogen-bond acceptors (Lipinski definition) is 3. The summed E-state index contributed by atoms with van der Waals surface area (Å²) in [7, 11) is 1.38. The number of nitrogens with one attached hydrogen (secondary N) is 1. The number of esters is 1. The number of methoxy groups -OCH3 is 1. The fourth-order valence-corrected chi connectivity index (χ4v) is 4.97. The van der Waals surface area contributed by atoms with Crippen molar-refractivity contribution in [3.8, 4) is 0 Å². The molecular weight excluding hydrogens is 254 g/mol. The van der Waals surface area contributed by atoms with E-state index in [1.54, 1.807) is 6.92 Å². The lowest BCUT2D eigenvalue weighted by Crippen LogP contribution is -2.53. The van der Waals surface area contributed by atoms with Crippen molar-refractivity contribution in [2.45, 2.75) is 51.5 Å². The third-order valence-corrected chi connectivity index (χ3v) is 5.82. The second kappa shape index (κ2) is 4.74. The summed E-state index contributed by atoms with van der Waals surface area (Å²) in [5.41, 5.74) is -0.865. The van der Waals surface area contributed by atoms with Gasteiger partial charge in [0.2, 0.25) is 5.91 Å². The molecule has 4 heteroatoms. The summed E-state index contributed by atoms with van der Waals surface area (Å²) in [4.78, 5) is 24.5. The van der Waals surface area contributed by atoms with Crippen molar-refractivity contribution in [1.29, 1.82) is 0 Å². The van der Waals surface area contributed by atoms with E-state index in [0.717, 1.165) is 18.3 Å². The topological polar surface area (TPSA) is 55.4 Å². The molecule has 0 aromatic heterocycles. The first-order valence-electron chi connectivity index (χ1n) is 7.92. The molecule has 0 aromatic rings. The average Bonchev–Trinajstić information content (AvgIpc) is 2.87. The van der Waals surface area contributed by atoms with Gasteiger partial charge in [-0.15, -0.1) is 0 Å². The molecule has 0 aromatic carbocycles. The molecule has 2 bridgehead atoms. The summed E-state index contributed by atoms with van der Waals surface area (Å²) in [5, 5.41) is 2.99. The molecule has 3 aliphatic carbocycles. The summed E-state index contributed by atoms with van der Waals surface area (Å²) in [5.74, 6) is 2.68. The molecule has 112 valence electrons. The molecule has 3 aliphatic rings. The Kier molecular flexibility index (Phi) is 3.30. The molecule has 0 aliphatic heterocycles. The third kappa shape index (κ3) is 1.95. The fourth-order valence-electron chi connectivity index (χ4n) is 4.97. The molecule has 3 rings (SSSR count). The Morgan fingerprint density at radius 1 is 1.25 bits per heavy atom. The number of ether oxygens (including phenoxy) is 1. The van der Waals surface area contributed by atoms with Crippen LogP contribution in [-0.2, 0) is 14.3 Å². The highest BCUT2D eigenvalue weighted by Crippen LogP contribution is 2.69. The van der Waals surface area contributed by atoms with E-state index in [2.05, 4.69) is 5.32 Å². The van der Waals surface area contributed by atoms with Crippen LogP contribution in [0.3, 0.4) is 0 Å². The quantitative estimate of drug-likeness (QED) is 0.784. The summed E-state index contributed by atoms with van der Waals surface area (Å²) in [6.45, 7) is 3.80. The largest absolute Gasteiger partial charge is 0.467 e. The summed E-state index contributed by atoms with van der Waals surface area (Å²) >= 11 is 0. The summed E-state index contributed by atoms with van der Waals surface area (Å²) < 4.78 is 4.86.